The molecule has 1 saturated carbocycles. The van der Waals surface area contributed by atoms with Gasteiger partial charge in [0.1, 0.15) is 5.82 Å². The average molecular weight is 519 g/mol. The number of amides is 2. The molecule has 0 radical (unpaired) electrons. The largest absolute Gasteiger partial charge is 0.364 e. The first-order valence-corrected chi connectivity index (χ1v) is 12.5. The molecule has 2 aliphatic rings. The second kappa shape index (κ2) is 8.72. The molecule has 9 heteroatoms. The number of hydrogen-bond acceptors (Lipinski definition) is 3. The number of benzene rings is 3. The number of carbonyl (C=O) groups is 2. The van der Waals surface area contributed by atoms with Crippen LogP contribution in [0.2, 0.25) is 0 Å². The Hall–Kier alpha value is -4.14. The zero-order chi connectivity index (χ0) is 26.7. The minimum Gasteiger partial charge on any atom is -0.364 e. The first-order chi connectivity index (χ1) is 18.2. The molecule has 2 N–H and O–H groups in total. The van der Waals surface area contributed by atoms with E-state index in [1.807, 2.05) is 42.5 Å². The first kappa shape index (κ1) is 24.2. The Morgan fingerprint density at radius 3 is 2.37 bits per heavy atom. The second-order valence-corrected chi connectivity index (χ2v) is 10.1. The van der Waals surface area contributed by atoms with Crippen molar-refractivity contribution in [2.24, 2.45) is 17.6 Å². The second-order valence-electron chi connectivity index (χ2n) is 10.1. The first-order valence-electron chi connectivity index (χ1n) is 12.5. The van der Waals surface area contributed by atoms with Gasteiger partial charge in [-0.3, -0.25) is 9.59 Å². The van der Waals surface area contributed by atoms with Crippen LogP contribution < -0.4 is 10.6 Å². The molecular weight excluding hydrogens is 493 g/mol. The summed E-state index contributed by atoms with van der Waals surface area (Å²) < 4.78 is 44.6. The van der Waals surface area contributed by atoms with Gasteiger partial charge in [0.15, 0.2) is 0 Å². The minimum absolute atomic E-state index is 0.0392. The third-order valence-corrected chi connectivity index (χ3v) is 7.84. The highest BCUT2D eigenvalue weighted by atomic mass is 19.3. The predicted molar refractivity (Wildman–Crippen MR) is 136 cm³/mol. The lowest BCUT2D eigenvalue weighted by atomic mass is 9.72. The van der Waals surface area contributed by atoms with Crippen LogP contribution in [-0.4, -0.2) is 27.5 Å². The SMILES string of the molecule is NC(=O)C(F)(F)CC1CC(=O)N(c2ccc3c(cnn3-c3ccc(F)cc3)c2)C1(c1ccccc1)C1CC1. The molecular formula is C29H25F3N4O2. The number of rotatable bonds is 7. The maximum Gasteiger partial charge on any atom is 0.324 e. The number of nitrogens with two attached hydrogens (primary N) is 1. The van der Waals surface area contributed by atoms with E-state index in [2.05, 4.69) is 5.10 Å². The van der Waals surface area contributed by atoms with E-state index in [9.17, 15) is 22.8 Å². The molecule has 3 aromatic carbocycles. The lowest BCUT2D eigenvalue weighted by Crippen LogP contribution is -2.51. The van der Waals surface area contributed by atoms with Crippen molar-refractivity contribution in [2.75, 3.05) is 4.90 Å². The number of aromatic nitrogens is 2. The fourth-order valence-corrected chi connectivity index (χ4v) is 6.13. The van der Waals surface area contributed by atoms with Crippen molar-refractivity contribution in [1.82, 2.24) is 9.78 Å². The Morgan fingerprint density at radius 1 is 1.03 bits per heavy atom. The Bertz CT molecular complexity index is 1530. The van der Waals surface area contributed by atoms with E-state index >= 15 is 0 Å². The van der Waals surface area contributed by atoms with Crippen LogP contribution in [0, 0.1) is 17.7 Å². The van der Waals surface area contributed by atoms with Gasteiger partial charge in [-0.1, -0.05) is 30.3 Å². The molecule has 1 aliphatic heterocycles. The number of fused-ring (bicyclic) bond motifs is 1. The number of halogens is 3. The molecule has 1 aliphatic carbocycles. The van der Waals surface area contributed by atoms with Crippen molar-refractivity contribution in [1.29, 1.82) is 0 Å². The maximum atomic E-state index is 14.8. The van der Waals surface area contributed by atoms with E-state index in [1.54, 1.807) is 34.0 Å². The summed E-state index contributed by atoms with van der Waals surface area (Å²) in [6.07, 6.45) is 2.29. The van der Waals surface area contributed by atoms with Crippen molar-refractivity contribution in [3.63, 3.8) is 0 Å². The van der Waals surface area contributed by atoms with Crippen molar-refractivity contribution < 1.29 is 22.8 Å². The van der Waals surface area contributed by atoms with Crippen LogP contribution in [0.3, 0.4) is 0 Å². The molecule has 6 nitrogen and oxygen atoms in total. The normalized spacial score (nSPS) is 21.8. The predicted octanol–water partition coefficient (Wildman–Crippen LogP) is 5.33. The third kappa shape index (κ3) is 3.76. The molecule has 2 atom stereocenters. The summed E-state index contributed by atoms with van der Waals surface area (Å²) in [6, 6.07) is 20.6. The van der Waals surface area contributed by atoms with E-state index < -0.39 is 29.7 Å². The third-order valence-electron chi connectivity index (χ3n) is 7.84. The lowest BCUT2D eigenvalue weighted by molar-refractivity contribution is -0.145. The Morgan fingerprint density at radius 2 is 1.71 bits per heavy atom. The van der Waals surface area contributed by atoms with Gasteiger partial charge in [0.05, 0.1) is 22.9 Å². The van der Waals surface area contributed by atoms with Crippen LogP contribution in [0.25, 0.3) is 16.6 Å². The number of anilines is 1. The minimum atomic E-state index is -3.74. The molecule has 1 saturated heterocycles. The van der Waals surface area contributed by atoms with E-state index in [0.29, 0.717) is 11.4 Å². The highest BCUT2D eigenvalue weighted by Crippen LogP contribution is 2.60. The van der Waals surface area contributed by atoms with Crippen LogP contribution in [0.15, 0.2) is 79.0 Å². The number of hydrogen-bond donors (Lipinski definition) is 1. The van der Waals surface area contributed by atoms with Crippen LogP contribution in [0.4, 0.5) is 18.9 Å². The number of carbonyl (C=O) groups excluding carboxylic acids is 2. The fourth-order valence-electron chi connectivity index (χ4n) is 6.13. The molecule has 2 amide bonds. The standard InChI is InChI=1S/C29H25F3N4O2/c30-22-8-10-23(11-9-22)36-25-13-12-24(14-18(25)17-34-36)35-26(37)15-21(16-28(31,32)27(33)38)29(35,20-6-7-20)19-4-2-1-3-5-19/h1-5,8-14,17,20-21H,6-7,15-16H2,(H2,33,38). The smallest absolute Gasteiger partial charge is 0.324 e. The monoisotopic (exact) mass is 518 g/mol. The Kier molecular flexibility index (Phi) is 5.55. The van der Waals surface area contributed by atoms with Gasteiger partial charge in [-0.05, 0) is 66.8 Å². The summed E-state index contributed by atoms with van der Waals surface area (Å²) in [5, 5.41) is 5.19. The highest BCUT2D eigenvalue weighted by Gasteiger charge is 2.63. The molecule has 194 valence electrons. The maximum absolute atomic E-state index is 14.8. The molecule has 38 heavy (non-hydrogen) atoms. The van der Waals surface area contributed by atoms with Crippen LogP contribution in [-0.2, 0) is 15.1 Å². The molecule has 2 fully saturated rings. The molecule has 0 bridgehead atoms. The van der Waals surface area contributed by atoms with E-state index in [4.69, 9.17) is 5.73 Å². The molecule has 6 rings (SSSR count). The van der Waals surface area contributed by atoms with E-state index in [1.165, 1.54) is 12.1 Å². The summed E-state index contributed by atoms with van der Waals surface area (Å²) in [4.78, 5) is 26.9. The highest BCUT2D eigenvalue weighted by molar-refractivity contribution is 6.00. The van der Waals surface area contributed by atoms with Gasteiger partial charge in [0.2, 0.25) is 5.91 Å². The van der Waals surface area contributed by atoms with E-state index in [-0.39, 0.29) is 24.1 Å². The number of primary amides is 1. The van der Waals surface area contributed by atoms with Crippen molar-refractivity contribution in [2.45, 2.75) is 37.1 Å². The number of alkyl halides is 2. The zero-order valence-electron chi connectivity index (χ0n) is 20.4. The molecule has 4 aromatic rings. The van der Waals surface area contributed by atoms with Gasteiger partial charge in [-0.15, -0.1) is 0 Å². The molecule has 1 aromatic heterocycles. The molecule has 2 unspecified atom stereocenters. The van der Waals surface area contributed by atoms with Gasteiger partial charge >= 0.3 is 5.92 Å². The van der Waals surface area contributed by atoms with Crippen LogP contribution >= 0.6 is 0 Å². The zero-order valence-corrected chi connectivity index (χ0v) is 20.4. The van der Waals surface area contributed by atoms with Crippen molar-refractivity contribution in [3.8, 4) is 5.69 Å². The van der Waals surface area contributed by atoms with Gasteiger partial charge in [-0.25, -0.2) is 9.07 Å². The van der Waals surface area contributed by atoms with Gasteiger partial charge in [0.25, 0.3) is 5.91 Å². The Labute approximate surface area is 216 Å². The summed E-state index contributed by atoms with van der Waals surface area (Å²) in [7, 11) is 0. The fraction of sp³-hybridized carbons (Fsp3) is 0.276. The topological polar surface area (TPSA) is 81.2 Å². The average Bonchev–Trinajstić information content (AvgIpc) is 3.60. The van der Waals surface area contributed by atoms with Gasteiger partial charge in [0, 0.05) is 29.8 Å². The quantitative estimate of drug-likeness (QED) is 0.359. The van der Waals surface area contributed by atoms with Crippen LogP contribution in [0.5, 0.6) is 0 Å². The van der Waals surface area contributed by atoms with Crippen molar-refractivity contribution >= 4 is 28.4 Å². The summed E-state index contributed by atoms with van der Waals surface area (Å²) >= 11 is 0. The van der Waals surface area contributed by atoms with Gasteiger partial charge in [-0.2, -0.15) is 13.9 Å². The molecule has 2 heterocycles. The van der Waals surface area contributed by atoms with Gasteiger partial charge < -0.3 is 10.6 Å². The lowest BCUT2D eigenvalue weighted by Gasteiger charge is -2.44. The van der Waals surface area contributed by atoms with Crippen LogP contribution in [0.1, 0.15) is 31.2 Å². The number of nitrogens with zero attached hydrogens (tertiary/aromatic N) is 3. The van der Waals surface area contributed by atoms with E-state index in [0.717, 1.165) is 29.3 Å². The summed E-state index contributed by atoms with van der Waals surface area (Å²) in [6.45, 7) is 0. The summed E-state index contributed by atoms with van der Waals surface area (Å²) in [5.74, 6) is -6.91. The van der Waals surface area contributed by atoms with Crippen molar-refractivity contribution in [3.05, 3.63) is 90.4 Å². The Balaban J connectivity index is 1.49. The summed E-state index contributed by atoms with van der Waals surface area (Å²) in [5.41, 5.74) is 6.77. The molecule has 0 spiro atoms.